The Morgan fingerprint density at radius 1 is 1.12 bits per heavy atom. The maximum atomic E-state index is 13.1. The first-order valence-electron chi connectivity index (χ1n) is 7.42. The molecule has 0 aromatic heterocycles. The minimum atomic E-state index is -3.63. The predicted molar refractivity (Wildman–Crippen MR) is 97.9 cm³/mol. The van der Waals surface area contributed by atoms with Crippen LogP contribution in [-0.2, 0) is 9.84 Å². The van der Waals surface area contributed by atoms with Crippen molar-refractivity contribution >= 4 is 37.4 Å². The monoisotopic (exact) mass is 429 g/mol. The Kier molecular flexibility index (Phi) is 4.79. The quantitative estimate of drug-likeness (QED) is 0.764. The molecule has 0 radical (unpaired) electrons. The van der Waals surface area contributed by atoms with Crippen LogP contribution in [0.3, 0.4) is 0 Å². The van der Waals surface area contributed by atoms with Crippen LogP contribution < -0.4 is 5.73 Å². The van der Waals surface area contributed by atoms with Gasteiger partial charge in [-0.1, -0.05) is 39.7 Å². The third kappa shape index (κ3) is 2.80. The molecule has 0 heterocycles. The Hall–Kier alpha value is -0.920. The summed E-state index contributed by atoms with van der Waals surface area (Å²) in [4.78, 5) is 0.197. The summed E-state index contributed by atoms with van der Waals surface area (Å²) < 4.78 is 27.1. The molecule has 4 nitrogen and oxygen atoms in total. The first kappa shape index (κ1) is 17.9. The van der Waals surface area contributed by atoms with Gasteiger partial charge in [-0.25, -0.2) is 8.42 Å². The molecule has 2 aromatic carbocycles. The van der Waals surface area contributed by atoms with Gasteiger partial charge in [0.2, 0.25) is 0 Å². The van der Waals surface area contributed by atoms with Crippen LogP contribution in [0.15, 0.2) is 57.9 Å². The molecule has 3 N–H and O–H groups in total. The zero-order valence-corrected chi connectivity index (χ0v) is 15.9. The van der Waals surface area contributed by atoms with Crippen molar-refractivity contribution in [2.75, 3.05) is 13.2 Å². The molecule has 0 spiro atoms. The van der Waals surface area contributed by atoms with Gasteiger partial charge in [0.15, 0.2) is 9.84 Å². The minimum absolute atomic E-state index is 0.0989. The molecule has 1 aliphatic carbocycles. The molecule has 24 heavy (non-hydrogen) atoms. The Bertz CT molecular complexity index is 833. The average molecular weight is 431 g/mol. The fourth-order valence-electron chi connectivity index (χ4n) is 3.39. The minimum Gasteiger partial charge on any atom is -0.396 e. The van der Waals surface area contributed by atoms with Crippen LogP contribution in [0.25, 0.3) is 0 Å². The molecule has 7 heteroatoms. The summed E-state index contributed by atoms with van der Waals surface area (Å²) in [6, 6.07) is 13.5. The molecule has 0 saturated heterocycles. The summed E-state index contributed by atoms with van der Waals surface area (Å²) in [5.74, 6) is -0.332. The van der Waals surface area contributed by atoms with Gasteiger partial charge in [-0.15, -0.1) is 0 Å². The van der Waals surface area contributed by atoms with E-state index in [0.717, 1.165) is 10.0 Å². The van der Waals surface area contributed by atoms with E-state index in [2.05, 4.69) is 15.9 Å². The lowest BCUT2D eigenvalue weighted by Gasteiger charge is -2.12. The zero-order valence-electron chi connectivity index (χ0n) is 12.7. The first-order chi connectivity index (χ1) is 11.4. The lowest BCUT2D eigenvalue weighted by molar-refractivity contribution is 0.212. The van der Waals surface area contributed by atoms with E-state index in [9.17, 15) is 13.5 Å². The van der Waals surface area contributed by atoms with E-state index in [1.54, 1.807) is 12.1 Å². The number of rotatable bonds is 5. The number of halogens is 2. The van der Waals surface area contributed by atoms with Crippen molar-refractivity contribution in [2.24, 2.45) is 11.1 Å². The summed E-state index contributed by atoms with van der Waals surface area (Å²) in [7, 11) is -3.63. The number of hydrogen-bond acceptors (Lipinski definition) is 4. The Labute approximate surface area is 154 Å². The van der Waals surface area contributed by atoms with Crippen LogP contribution in [0, 0.1) is 5.41 Å². The second-order valence-electron chi connectivity index (χ2n) is 6.04. The normalized spacial score (nSPS) is 26.3. The fraction of sp³-hybridized carbons (Fsp3) is 0.294. The SMILES string of the molecule is NC[C@]1(CO)[C@H](c2ccc(Br)cc2)[C@H]1S(=O)(=O)c1ccc(Cl)cc1. The van der Waals surface area contributed by atoms with Crippen LogP contribution >= 0.6 is 27.5 Å². The summed E-state index contributed by atoms with van der Waals surface area (Å²) in [6.45, 7) is -0.177. The number of aliphatic hydroxyl groups excluding tert-OH is 1. The predicted octanol–water partition coefficient (Wildman–Crippen LogP) is 2.98. The van der Waals surface area contributed by atoms with E-state index in [1.807, 2.05) is 24.3 Å². The van der Waals surface area contributed by atoms with Gasteiger partial charge in [0, 0.05) is 27.4 Å². The van der Waals surface area contributed by atoms with E-state index in [0.29, 0.717) is 5.02 Å². The molecular weight excluding hydrogens is 414 g/mol. The zero-order chi connectivity index (χ0) is 17.5. The van der Waals surface area contributed by atoms with Crippen LogP contribution in [0.1, 0.15) is 11.5 Å². The van der Waals surface area contributed by atoms with Gasteiger partial charge in [0.1, 0.15) is 0 Å². The van der Waals surface area contributed by atoms with Crippen molar-refractivity contribution in [3.8, 4) is 0 Å². The summed E-state index contributed by atoms with van der Waals surface area (Å²) in [5, 5.41) is 9.62. The fourth-order valence-corrected chi connectivity index (χ4v) is 6.23. The van der Waals surface area contributed by atoms with Crippen molar-refractivity contribution in [3.05, 3.63) is 63.6 Å². The number of nitrogens with two attached hydrogens (primary N) is 1. The highest BCUT2D eigenvalue weighted by Crippen LogP contribution is 2.63. The molecule has 0 amide bonds. The highest BCUT2D eigenvalue weighted by molar-refractivity contribution is 9.10. The van der Waals surface area contributed by atoms with Gasteiger partial charge in [0.25, 0.3) is 0 Å². The molecular formula is C17H17BrClNO3S. The standard InChI is InChI=1S/C17H17BrClNO3S/c18-12-3-1-11(2-4-12)15-16(17(15,9-20)10-21)24(22,23)14-7-5-13(19)6-8-14/h1-8,15-16,21H,9-10,20H2/t15-,16-,17+/m1/s1. The Morgan fingerprint density at radius 2 is 1.71 bits per heavy atom. The molecule has 0 bridgehead atoms. The highest BCUT2D eigenvalue weighted by atomic mass is 79.9. The largest absolute Gasteiger partial charge is 0.396 e. The maximum Gasteiger partial charge on any atom is 0.182 e. The Morgan fingerprint density at radius 3 is 2.21 bits per heavy atom. The second kappa shape index (κ2) is 6.42. The summed E-state index contributed by atoms with van der Waals surface area (Å²) in [5.41, 5.74) is 5.88. The topological polar surface area (TPSA) is 80.4 Å². The molecule has 0 aliphatic heterocycles. The van der Waals surface area contributed by atoms with Gasteiger partial charge >= 0.3 is 0 Å². The molecule has 128 valence electrons. The number of sulfone groups is 1. The molecule has 1 fully saturated rings. The van der Waals surface area contributed by atoms with Crippen LogP contribution in [-0.4, -0.2) is 31.9 Å². The maximum absolute atomic E-state index is 13.1. The van der Waals surface area contributed by atoms with E-state index in [4.69, 9.17) is 17.3 Å². The van der Waals surface area contributed by atoms with Crippen molar-refractivity contribution in [3.63, 3.8) is 0 Å². The van der Waals surface area contributed by atoms with Crippen molar-refractivity contribution < 1.29 is 13.5 Å². The third-order valence-corrected chi connectivity index (χ3v) is 7.88. The number of hydrogen-bond donors (Lipinski definition) is 2. The Balaban J connectivity index is 2.04. The van der Waals surface area contributed by atoms with E-state index >= 15 is 0 Å². The third-order valence-electron chi connectivity index (χ3n) is 4.76. The van der Waals surface area contributed by atoms with Crippen molar-refractivity contribution in [1.82, 2.24) is 0 Å². The van der Waals surface area contributed by atoms with Crippen LogP contribution in [0.4, 0.5) is 0 Å². The van der Waals surface area contributed by atoms with Crippen LogP contribution in [0.2, 0.25) is 5.02 Å². The van der Waals surface area contributed by atoms with Gasteiger partial charge in [-0.2, -0.15) is 0 Å². The van der Waals surface area contributed by atoms with Crippen molar-refractivity contribution in [2.45, 2.75) is 16.1 Å². The number of aliphatic hydroxyl groups is 1. The van der Waals surface area contributed by atoms with E-state index < -0.39 is 20.5 Å². The van der Waals surface area contributed by atoms with Gasteiger partial charge in [-0.3, -0.25) is 0 Å². The molecule has 3 rings (SSSR count). The number of benzene rings is 2. The second-order valence-corrected chi connectivity index (χ2v) is 9.47. The van der Waals surface area contributed by atoms with Crippen LogP contribution in [0.5, 0.6) is 0 Å². The molecule has 3 atom stereocenters. The van der Waals surface area contributed by atoms with E-state index in [-0.39, 0.29) is 24.0 Å². The van der Waals surface area contributed by atoms with Gasteiger partial charge in [0.05, 0.1) is 16.8 Å². The highest BCUT2D eigenvalue weighted by Gasteiger charge is 2.70. The molecule has 0 unspecified atom stereocenters. The van der Waals surface area contributed by atoms with E-state index in [1.165, 1.54) is 12.1 Å². The average Bonchev–Trinajstić information content (AvgIpc) is 3.26. The van der Waals surface area contributed by atoms with Gasteiger partial charge in [-0.05, 0) is 42.0 Å². The lowest BCUT2D eigenvalue weighted by Crippen LogP contribution is -2.27. The molecule has 2 aromatic rings. The molecule has 1 saturated carbocycles. The smallest absolute Gasteiger partial charge is 0.182 e. The summed E-state index contributed by atoms with van der Waals surface area (Å²) >= 11 is 9.22. The first-order valence-corrected chi connectivity index (χ1v) is 10.1. The summed E-state index contributed by atoms with van der Waals surface area (Å²) in [6.07, 6.45) is 0. The molecule has 1 aliphatic rings. The lowest BCUT2D eigenvalue weighted by atomic mass is 10.0. The van der Waals surface area contributed by atoms with Gasteiger partial charge < -0.3 is 10.8 Å². The van der Waals surface area contributed by atoms with Crippen molar-refractivity contribution in [1.29, 1.82) is 0 Å².